The first-order valence-electron chi connectivity index (χ1n) is 8.40. The van der Waals surface area contributed by atoms with Crippen LogP contribution in [0.5, 0.6) is 0 Å². The fourth-order valence-corrected chi connectivity index (χ4v) is 3.57. The van der Waals surface area contributed by atoms with E-state index in [2.05, 4.69) is 31.1 Å². The summed E-state index contributed by atoms with van der Waals surface area (Å²) in [5.41, 5.74) is 1.53. The van der Waals surface area contributed by atoms with Gasteiger partial charge in [0, 0.05) is 10.0 Å². The van der Waals surface area contributed by atoms with Crippen LogP contribution in [-0.2, 0) is 0 Å². The maximum absolute atomic E-state index is 14.5. The van der Waals surface area contributed by atoms with Crippen LogP contribution < -0.4 is 4.90 Å². The van der Waals surface area contributed by atoms with Crippen molar-refractivity contribution in [1.82, 2.24) is 0 Å². The van der Waals surface area contributed by atoms with Crippen molar-refractivity contribution in [2.45, 2.75) is 19.6 Å². The predicted octanol–water partition coefficient (Wildman–Crippen LogP) is 3.88. The molecule has 1 unspecified atom stereocenters. The van der Waals surface area contributed by atoms with E-state index in [1.807, 2.05) is 6.92 Å². The largest absolute Gasteiger partial charge is 0.368 e. The smallest absolute Gasteiger partial charge is 0.173 e. The van der Waals surface area contributed by atoms with Gasteiger partial charge in [-0.05, 0) is 36.8 Å². The summed E-state index contributed by atoms with van der Waals surface area (Å²) in [7, 11) is 0. The summed E-state index contributed by atoms with van der Waals surface area (Å²) in [5.74, 6) is -0.989. The number of hydrogen-bond donors (Lipinski definition) is 1. The van der Waals surface area contributed by atoms with E-state index in [1.54, 1.807) is 23.1 Å². The van der Waals surface area contributed by atoms with Crippen molar-refractivity contribution in [2.24, 2.45) is 15.2 Å². The van der Waals surface area contributed by atoms with Crippen LogP contribution in [0, 0.1) is 11.6 Å². The highest BCUT2D eigenvalue weighted by molar-refractivity contribution is 9.10. The molecular weight excluding hydrogens is 418 g/mol. The Hall–Kier alpha value is -2.45. The molecule has 1 atom stereocenters. The molecule has 2 aromatic carbocycles. The minimum atomic E-state index is -1.02. The van der Waals surface area contributed by atoms with Gasteiger partial charge in [-0.25, -0.2) is 8.78 Å². The summed E-state index contributed by atoms with van der Waals surface area (Å²) >= 11 is 3.42. The van der Waals surface area contributed by atoms with Gasteiger partial charge in [-0.3, -0.25) is 9.89 Å². The standard InChI is InChI=1S/C19H15BrF2N4O/c1-2-14-19(27)26-15-8-10(20)6-7-11(15)18(23-9-16(26)25-24-14)17-12(21)4-3-5-13(17)22/h3-8,19,27H,2,9H2,1H3. The second-order valence-electron chi connectivity index (χ2n) is 6.13. The number of benzene rings is 2. The minimum absolute atomic E-state index is 0.0347. The van der Waals surface area contributed by atoms with Crippen molar-refractivity contribution < 1.29 is 13.9 Å². The van der Waals surface area contributed by atoms with E-state index in [4.69, 9.17) is 0 Å². The molecule has 0 fully saturated rings. The van der Waals surface area contributed by atoms with Gasteiger partial charge in [0.05, 0.1) is 29.2 Å². The number of halogens is 3. The van der Waals surface area contributed by atoms with Crippen molar-refractivity contribution in [3.05, 3.63) is 63.6 Å². The lowest BCUT2D eigenvalue weighted by Crippen LogP contribution is -2.48. The molecular formula is C19H15BrF2N4O. The fourth-order valence-electron chi connectivity index (χ4n) is 3.22. The third-order valence-electron chi connectivity index (χ3n) is 4.53. The lowest BCUT2D eigenvalue weighted by molar-refractivity contribution is 0.246. The number of anilines is 1. The molecule has 0 bridgehead atoms. The van der Waals surface area contributed by atoms with Gasteiger partial charge in [-0.15, -0.1) is 5.10 Å². The highest BCUT2D eigenvalue weighted by atomic mass is 79.9. The van der Waals surface area contributed by atoms with Crippen LogP contribution in [0.4, 0.5) is 14.5 Å². The molecule has 0 aromatic heterocycles. The summed E-state index contributed by atoms with van der Waals surface area (Å²) in [4.78, 5) is 6.04. The van der Waals surface area contributed by atoms with E-state index in [-0.39, 0.29) is 17.8 Å². The highest BCUT2D eigenvalue weighted by Gasteiger charge is 2.34. The van der Waals surface area contributed by atoms with Crippen LogP contribution in [0.2, 0.25) is 0 Å². The number of aliphatic hydroxyl groups is 1. The zero-order chi connectivity index (χ0) is 19.1. The summed E-state index contributed by atoms with van der Waals surface area (Å²) in [5, 5.41) is 19.0. The topological polar surface area (TPSA) is 60.5 Å². The molecule has 5 nitrogen and oxygen atoms in total. The van der Waals surface area contributed by atoms with Crippen molar-refractivity contribution in [2.75, 3.05) is 11.4 Å². The Morgan fingerprint density at radius 2 is 1.93 bits per heavy atom. The average molecular weight is 433 g/mol. The third kappa shape index (κ3) is 2.98. The van der Waals surface area contributed by atoms with E-state index < -0.39 is 17.9 Å². The maximum Gasteiger partial charge on any atom is 0.173 e. The van der Waals surface area contributed by atoms with Gasteiger partial charge in [0.1, 0.15) is 11.6 Å². The molecule has 138 valence electrons. The molecule has 2 aliphatic rings. The molecule has 1 N–H and O–H groups in total. The number of amidine groups is 1. The molecule has 0 spiro atoms. The minimum Gasteiger partial charge on any atom is -0.368 e. The highest BCUT2D eigenvalue weighted by Crippen LogP contribution is 2.33. The Kier molecular flexibility index (Phi) is 4.61. The first-order chi connectivity index (χ1) is 13.0. The number of rotatable bonds is 2. The predicted molar refractivity (Wildman–Crippen MR) is 105 cm³/mol. The van der Waals surface area contributed by atoms with Crippen LogP contribution in [0.15, 0.2) is 56.1 Å². The van der Waals surface area contributed by atoms with Gasteiger partial charge in [0.15, 0.2) is 12.1 Å². The Morgan fingerprint density at radius 1 is 1.19 bits per heavy atom. The van der Waals surface area contributed by atoms with E-state index in [1.165, 1.54) is 18.2 Å². The second kappa shape index (κ2) is 6.94. The first-order valence-corrected chi connectivity index (χ1v) is 9.20. The van der Waals surface area contributed by atoms with Crippen molar-refractivity contribution in [1.29, 1.82) is 0 Å². The van der Waals surface area contributed by atoms with E-state index >= 15 is 0 Å². The molecule has 2 aromatic rings. The van der Waals surface area contributed by atoms with Gasteiger partial charge < -0.3 is 5.11 Å². The van der Waals surface area contributed by atoms with E-state index in [0.29, 0.717) is 29.2 Å². The van der Waals surface area contributed by atoms with Crippen LogP contribution in [0.25, 0.3) is 0 Å². The summed E-state index contributed by atoms with van der Waals surface area (Å²) in [6, 6.07) is 8.96. The molecule has 0 saturated heterocycles. The lowest BCUT2D eigenvalue weighted by atomic mass is 9.99. The van der Waals surface area contributed by atoms with E-state index in [9.17, 15) is 13.9 Å². The molecule has 27 heavy (non-hydrogen) atoms. The maximum atomic E-state index is 14.5. The Balaban J connectivity index is 1.96. The number of fused-ring (bicyclic) bond motifs is 3. The Labute approximate surface area is 162 Å². The van der Waals surface area contributed by atoms with Crippen LogP contribution in [0.1, 0.15) is 24.5 Å². The number of aliphatic hydroxyl groups excluding tert-OH is 1. The molecule has 2 aliphatic heterocycles. The molecule has 0 saturated carbocycles. The monoisotopic (exact) mass is 432 g/mol. The number of aliphatic imine (C=N–C) groups is 1. The lowest BCUT2D eigenvalue weighted by Gasteiger charge is -2.33. The van der Waals surface area contributed by atoms with Crippen LogP contribution in [0.3, 0.4) is 0 Å². The Bertz CT molecular complexity index is 999. The zero-order valence-electron chi connectivity index (χ0n) is 14.3. The fraction of sp³-hybridized carbons (Fsp3) is 0.211. The Morgan fingerprint density at radius 3 is 2.63 bits per heavy atom. The molecule has 8 heteroatoms. The second-order valence-corrected chi connectivity index (χ2v) is 7.04. The summed E-state index contributed by atoms with van der Waals surface area (Å²) in [6.07, 6.45) is -0.497. The first kappa shape index (κ1) is 17.9. The number of hydrogen-bond acceptors (Lipinski definition) is 5. The van der Waals surface area contributed by atoms with Gasteiger partial charge in [-0.2, -0.15) is 5.10 Å². The third-order valence-corrected chi connectivity index (χ3v) is 5.02. The van der Waals surface area contributed by atoms with Crippen LogP contribution in [-0.4, -0.2) is 35.1 Å². The molecule has 2 heterocycles. The molecule has 0 aliphatic carbocycles. The van der Waals surface area contributed by atoms with Gasteiger partial charge >= 0.3 is 0 Å². The van der Waals surface area contributed by atoms with Crippen molar-refractivity contribution >= 4 is 38.9 Å². The van der Waals surface area contributed by atoms with E-state index in [0.717, 1.165) is 4.47 Å². The summed E-state index contributed by atoms with van der Waals surface area (Å²) in [6.45, 7) is 1.91. The SMILES string of the molecule is CCC1=NN=C2CN=C(c3c(F)cccc3F)c3ccc(Br)cc3N2C1O. The average Bonchev–Trinajstić information content (AvgIpc) is 2.79. The van der Waals surface area contributed by atoms with Gasteiger partial charge in [0.25, 0.3) is 0 Å². The normalized spacial score (nSPS) is 18.8. The van der Waals surface area contributed by atoms with Gasteiger partial charge in [0.2, 0.25) is 0 Å². The molecule has 0 radical (unpaired) electrons. The number of nitrogens with zero attached hydrogens (tertiary/aromatic N) is 4. The zero-order valence-corrected chi connectivity index (χ0v) is 15.9. The van der Waals surface area contributed by atoms with Crippen molar-refractivity contribution in [3.63, 3.8) is 0 Å². The van der Waals surface area contributed by atoms with Crippen LogP contribution >= 0.6 is 15.9 Å². The molecule has 4 rings (SSSR count). The van der Waals surface area contributed by atoms with Crippen molar-refractivity contribution in [3.8, 4) is 0 Å². The summed E-state index contributed by atoms with van der Waals surface area (Å²) < 4.78 is 29.7. The van der Waals surface area contributed by atoms with Gasteiger partial charge in [-0.1, -0.05) is 28.9 Å². The quantitative estimate of drug-likeness (QED) is 0.782. The molecule has 0 amide bonds.